The second kappa shape index (κ2) is 5.03. The normalized spacial score (nSPS) is 16.7. The molecule has 0 amide bonds. The summed E-state index contributed by atoms with van der Waals surface area (Å²) in [4.78, 5) is 16.4. The molecule has 0 spiro atoms. The van der Waals surface area contributed by atoms with Crippen LogP contribution in [-0.4, -0.2) is 22.5 Å². The summed E-state index contributed by atoms with van der Waals surface area (Å²) in [5.74, 6) is 0.213. The minimum absolute atomic E-state index is 0.327. The average Bonchev–Trinajstić information content (AvgIpc) is 2.91. The van der Waals surface area contributed by atoms with Gasteiger partial charge in [-0.25, -0.2) is 9.78 Å². The van der Waals surface area contributed by atoms with Crippen LogP contribution >= 0.6 is 0 Å². The summed E-state index contributed by atoms with van der Waals surface area (Å²) in [5, 5.41) is 0. The number of aromatic nitrogens is 2. The summed E-state index contributed by atoms with van der Waals surface area (Å²) >= 11 is 0. The number of nitrogens with zero attached hydrogens (tertiary/aromatic N) is 2. The molecule has 19 heavy (non-hydrogen) atoms. The van der Waals surface area contributed by atoms with Crippen molar-refractivity contribution in [1.82, 2.24) is 9.38 Å². The van der Waals surface area contributed by atoms with Crippen molar-refractivity contribution in [3.05, 3.63) is 35.8 Å². The number of esters is 1. The van der Waals surface area contributed by atoms with Crippen LogP contribution in [0.3, 0.4) is 0 Å². The molecular formula is C15H18N2O2. The summed E-state index contributed by atoms with van der Waals surface area (Å²) in [7, 11) is 1.40. The van der Waals surface area contributed by atoms with Gasteiger partial charge >= 0.3 is 5.97 Å². The van der Waals surface area contributed by atoms with E-state index in [1.54, 1.807) is 6.07 Å². The van der Waals surface area contributed by atoms with Crippen LogP contribution in [0.5, 0.6) is 0 Å². The lowest BCUT2D eigenvalue weighted by atomic mass is 9.87. The van der Waals surface area contributed by atoms with Crippen molar-refractivity contribution in [3.63, 3.8) is 0 Å². The molecule has 3 rings (SSSR count). The number of fused-ring (bicyclic) bond motifs is 1. The minimum atomic E-state index is -0.327. The highest BCUT2D eigenvalue weighted by Crippen LogP contribution is 2.32. The van der Waals surface area contributed by atoms with Crippen LogP contribution in [0.15, 0.2) is 24.5 Å². The van der Waals surface area contributed by atoms with Gasteiger partial charge in [-0.15, -0.1) is 0 Å². The number of hydrogen-bond acceptors (Lipinski definition) is 3. The molecule has 100 valence electrons. The van der Waals surface area contributed by atoms with Crippen molar-refractivity contribution in [2.75, 3.05) is 7.11 Å². The Morgan fingerprint density at radius 2 is 2.16 bits per heavy atom. The topological polar surface area (TPSA) is 43.6 Å². The van der Waals surface area contributed by atoms with Gasteiger partial charge in [0.25, 0.3) is 0 Å². The molecule has 1 aliphatic carbocycles. The zero-order valence-corrected chi connectivity index (χ0v) is 11.1. The highest BCUT2D eigenvalue weighted by atomic mass is 16.5. The SMILES string of the molecule is COC(=O)c1cccn2cc(C3CCCCC3)nc12. The van der Waals surface area contributed by atoms with E-state index in [9.17, 15) is 4.79 Å². The zero-order valence-electron chi connectivity index (χ0n) is 11.1. The average molecular weight is 258 g/mol. The maximum absolute atomic E-state index is 11.7. The Hall–Kier alpha value is -1.84. The summed E-state index contributed by atoms with van der Waals surface area (Å²) in [6, 6.07) is 3.62. The quantitative estimate of drug-likeness (QED) is 0.777. The Labute approximate surface area is 112 Å². The van der Waals surface area contributed by atoms with Gasteiger partial charge in [-0.1, -0.05) is 19.3 Å². The number of hydrogen-bond donors (Lipinski definition) is 0. The Morgan fingerprint density at radius 1 is 1.37 bits per heavy atom. The summed E-state index contributed by atoms with van der Waals surface area (Å²) in [6.07, 6.45) is 10.3. The molecule has 0 N–H and O–H groups in total. The van der Waals surface area contributed by atoms with Crippen molar-refractivity contribution < 1.29 is 9.53 Å². The molecule has 4 heteroatoms. The molecule has 1 saturated carbocycles. The van der Waals surface area contributed by atoms with Gasteiger partial charge in [0, 0.05) is 18.3 Å². The number of rotatable bonds is 2. The first-order chi connectivity index (χ1) is 9.29. The standard InChI is InChI=1S/C15H18N2O2/c1-19-15(18)12-8-5-9-17-10-13(16-14(12)17)11-6-3-2-4-7-11/h5,8-11H,2-4,6-7H2,1H3. The van der Waals surface area contributed by atoms with Gasteiger partial charge in [0.1, 0.15) is 5.56 Å². The molecule has 2 heterocycles. The number of imidazole rings is 1. The van der Waals surface area contributed by atoms with Crippen molar-refractivity contribution in [2.24, 2.45) is 0 Å². The minimum Gasteiger partial charge on any atom is -0.465 e. The third-order valence-corrected chi connectivity index (χ3v) is 3.93. The van der Waals surface area contributed by atoms with Gasteiger partial charge in [0.05, 0.1) is 12.8 Å². The van der Waals surface area contributed by atoms with E-state index in [1.165, 1.54) is 39.2 Å². The maximum atomic E-state index is 11.7. The van der Waals surface area contributed by atoms with Gasteiger partial charge in [0.2, 0.25) is 0 Å². The monoisotopic (exact) mass is 258 g/mol. The van der Waals surface area contributed by atoms with Crippen LogP contribution in [0.25, 0.3) is 5.65 Å². The molecule has 0 aliphatic heterocycles. The van der Waals surface area contributed by atoms with Crippen LogP contribution in [0.2, 0.25) is 0 Å². The predicted octanol–water partition coefficient (Wildman–Crippen LogP) is 3.17. The Balaban J connectivity index is 2.02. The molecule has 0 radical (unpaired) electrons. The lowest BCUT2D eigenvalue weighted by Crippen LogP contribution is -2.05. The molecule has 0 bridgehead atoms. The third-order valence-electron chi connectivity index (χ3n) is 3.93. The van der Waals surface area contributed by atoms with E-state index in [2.05, 4.69) is 11.2 Å². The second-order valence-corrected chi connectivity index (χ2v) is 5.15. The van der Waals surface area contributed by atoms with Gasteiger partial charge in [-0.2, -0.15) is 0 Å². The molecule has 1 fully saturated rings. The van der Waals surface area contributed by atoms with Crippen molar-refractivity contribution in [1.29, 1.82) is 0 Å². The Morgan fingerprint density at radius 3 is 2.89 bits per heavy atom. The molecule has 2 aromatic heterocycles. The van der Waals surface area contributed by atoms with Crippen molar-refractivity contribution in [3.8, 4) is 0 Å². The number of carbonyl (C=O) groups excluding carboxylic acids is 1. The largest absolute Gasteiger partial charge is 0.465 e. The first-order valence-corrected chi connectivity index (χ1v) is 6.85. The highest BCUT2D eigenvalue weighted by Gasteiger charge is 2.20. The van der Waals surface area contributed by atoms with Crippen LogP contribution < -0.4 is 0 Å². The first kappa shape index (κ1) is 12.2. The molecular weight excluding hydrogens is 240 g/mol. The van der Waals surface area contributed by atoms with Crippen LogP contribution in [0, 0.1) is 0 Å². The molecule has 1 aliphatic rings. The van der Waals surface area contributed by atoms with Crippen LogP contribution in [0.4, 0.5) is 0 Å². The van der Waals surface area contributed by atoms with Gasteiger partial charge in [0.15, 0.2) is 5.65 Å². The van der Waals surface area contributed by atoms with Crippen LogP contribution in [-0.2, 0) is 4.74 Å². The highest BCUT2D eigenvalue weighted by molar-refractivity contribution is 5.95. The fourth-order valence-electron chi connectivity index (χ4n) is 2.90. The maximum Gasteiger partial charge on any atom is 0.341 e. The van der Waals surface area contributed by atoms with E-state index in [4.69, 9.17) is 4.74 Å². The summed E-state index contributed by atoms with van der Waals surface area (Å²) in [6.45, 7) is 0. The Bertz CT molecular complexity index is 597. The fraction of sp³-hybridized carbons (Fsp3) is 0.467. The van der Waals surface area contributed by atoms with E-state index in [-0.39, 0.29) is 5.97 Å². The number of methoxy groups -OCH3 is 1. The van der Waals surface area contributed by atoms with E-state index >= 15 is 0 Å². The Kier molecular flexibility index (Phi) is 3.23. The van der Waals surface area contributed by atoms with E-state index in [1.807, 2.05) is 16.7 Å². The zero-order chi connectivity index (χ0) is 13.2. The number of pyridine rings is 1. The first-order valence-electron chi connectivity index (χ1n) is 6.85. The summed E-state index contributed by atoms with van der Waals surface area (Å²) < 4.78 is 6.73. The summed E-state index contributed by atoms with van der Waals surface area (Å²) in [5.41, 5.74) is 2.35. The van der Waals surface area contributed by atoms with E-state index < -0.39 is 0 Å². The molecule has 0 atom stereocenters. The molecule has 0 saturated heterocycles. The van der Waals surface area contributed by atoms with Crippen molar-refractivity contribution in [2.45, 2.75) is 38.0 Å². The van der Waals surface area contributed by atoms with Crippen LogP contribution in [0.1, 0.15) is 54.1 Å². The number of carbonyl (C=O) groups is 1. The van der Waals surface area contributed by atoms with Gasteiger partial charge < -0.3 is 9.14 Å². The van der Waals surface area contributed by atoms with Crippen molar-refractivity contribution >= 4 is 11.6 Å². The third kappa shape index (κ3) is 2.23. The lowest BCUT2D eigenvalue weighted by Gasteiger charge is -2.19. The lowest BCUT2D eigenvalue weighted by molar-refractivity contribution is 0.0602. The second-order valence-electron chi connectivity index (χ2n) is 5.15. The predicted molar refractivity (Wildman–Crippen MR) is 72.4 cm³/mol. The van der Waals surface area contributed by atoms with Gasteiger partial charge in [-0.3, -0.25) is 0 Å². The fourth-order valence-corrected chi connectivity index (χ4v) is 2.90. The molecule has 0 aromatic carbocycles. The molecule has 2 aromatic rings. The number of ether oxygens (including phenoxy) is 1. The molecule has 4 nitrogen and oxygen atoms in total. The molecule has 0 unspecified atom stereocenters. The van der Waals surface area contributed by atoms with E-state index in [0.717, 1.165) is 5.69 Å². The van der Waals surface area contributed by atoms with Gasteiger partial charge in [-0.05, 0) is 25.0 Å². The van der Waals surface area contributed by atoms with E-state index in [0.29, 0.717) is 17.1 Å². The smallest absolute Gasteiger partial charge is 0.341 e.